The van der Waals surface area contributed by atoms with E-state index in [0.717, 1.165) is 17.2 Å². The van der Waals surface area contributed by atoms with Gasteiger partial charge in [-0.05, 0) is 19.1 Å². The molecule has 5 nitrogen and oxygen atoms in total. The first-order chi connectivity index (χ1) is 9.20. The molecule has 0 spiro atoms. The van der Waals surface area contributed by atoms with Crippen molar-refractivity contribution in [1.82, 2.24) is 14.9 Å². The smallest absolute Gasteiger partial charge is 0.406 e. The molecule has 0 unspecified atom stereocenters. The molecular formula is C14H17N3O2. The minimum atomic E-state index is -0.417. The Kier molecular flexibility index (Phi) is 4.18. The van der Waals surface area contributed by atoms with Gasteiger partial charge in [-0.15, -0.1) is 0 Å². The first kappa shape index (κ1) is 13.1. The van der Waals surface area contributed by atoms with Crippen LogP contribution in [0.15, 0.2) is 36.5 Å². The fourth-order valence-electron chi connectivity index (χ4n) is 1.87. The monoisotopic (exact) mass is 259 g/mol. The molecule has 19 heavy (non-hydrogen) atoms. The van der Waals surface area contributed by atoms with Gasteiger partial charge in [-0.2, -0.15) is 0 Å². The topological polar surface area (TPSA) is 56.1 Å². The van der Waals surface area contributed by atoms with Gasteiger partial charge in [0.05, 0.1) is 12.8 Å². The number of benzene rings is 1. The Morgan fingerprint density at radius 3 is 2.79 bits per heavy atom. The molecule has 0 aliphatic rings. The maximum atomic E-state index is 10.9. The molecule has 2 rings (SSSR count). The van der Waals surface area contributed by atoms with E-state index >= 15 is 0 Å². The highest BCUT2D eigenvalue weighted by atomic mass is 16.5. The number of aromatic nitrogens is 2. The summed E-state index contributed by atoms with van der Waals surface area (Å²) in [6.07, 6.45) is 2.25. The molecule has 0 atom stereocenters. The van der Waals surface area contributed by atoms with Crippen molar-refractivity contribution in [2.45, 2.75) is 13.3 Å². The van der Waals surface area contributed by atoms with Gasteiger partial charge in [0, 0.05) is 24.8 Å². The number of hydrogen-bond donors (Lipinski definition) is 1. The van der Waals surface area contributed by atoms with E-state index in [9.17, 15) is 4.79 Å². The Bertz CT molecular complexity index is 549. The van der Waals surface area contributed by atoms with Crippen molar-refractivity contribution in [2.24, 2.45) is 0 Å². The Morgan fingerprint density at radius 2 is 2.11 bits per heavy atom. The van der Waals surface area contributed by atoms with Crippen molar-refractivity contribution in [3.63, 3.8) is 0 Å². The first-order valence-corrected chi connectivity index (χ1v) is 6.13. The number of para-hydroxylation sites is 1. The third-order valence-corrected chi connectivity index (χ3v) is 2.80. The lowest BCUT2D eigenvalue weighted by molar-refractivity contribution is 0.171. The van der Waals surface area contributed by atoms with Crippen LogP contribution in [0.5, 0.6) is 0 Å². The number of amides is 1. The number of aryl methyl sites for hydroxylation is 1. The molecule has 0 saturated carbocycles. The predicted octanol–water partition coefficient (Wildman–Crippen LogP) is 2.08. The molecule has 1 aromatic heterocycles. The Labute approximate surface area is 112 Å². The number of imidazole rings is 1. The van der Waals surface area contributed by atoms with Gasteiger partial charge in [-0.1, -0.05) is 18.2 Å². The SMILES string of the molecule is COC(=O)NCCc1cn(-c2ccccc2)c(C)n1. The third kappa shape index (κ3) is 3.34. The van der Waals surface area contributed by atoms with Crippen molar-refractivity contribution >= 4 is 6.09 Å². The average molecular weight is 259 g/mol. The van der Waals surface area contributed by atoms with Crippen LogP contribution in [0.4, 0.5) is 4.79 Å². The van der Waals surface area contributed by atoms with E-state index < -0.39 is 6.09 Å². The van der Waals surface area contributed by atoms with Gasteiger partial charge in [0.15, 0.2) is 0 Å². The van der Waals surface area contributed by atoms with Crippen molar-refractivity contribution in [3.8, 4) is 5.69 Å². The summed E-state index contributed by atoms with van der Waals surface area (Å²) in [5.74, 6) is 0.930. The van der Waals surface area contributed by atoms with Gasteiger partial charge in [-0.3, -0.25) is 0 Å². The van der Waals surface area contributed by atoms with Crippen molar-refractivity contribution < 1.29 is 9.53 Å². The minimum Gasteiger partial charge on any atom is -0.453 e. The lowest BCUT2D eigenvalue weighted by Gasteiger charge is -2.03. The summed E-state index contributed by atoms with van der Waals surface area (Å²) in [7, 11) is 1.35. The summed E-state index contributed by atoms with van der Waals surface area (Å²) in [6, 6.07) is 10.0. The lowest BCUT2D eigenvalue weighted by Crippen LogP contribution is -2.25. The Hall–Kier alpha value is -2.30. The van der Waals surface area contributed by atoms with Crippen LogP contribution < -0.4 is 5.32 Å². The van der Waals surface area contributed by atoms with Gasteiger partial charge in [0.2, 0.25) is 0 Å². The van der Waals surface area contributed by atoms with Gasteiger partial charge in [0.1, 0.15) is 5.82 Å². The van der Waals surface area contributed by atoms with Crippen LogP contribution in [0.3, 0.4) is 0 Å². The number of ether oxygens (including phenoxy) is 1. The van der Waals surface area contributed by atoms with Crippen molar-refractivity contribution in [1.29, 1.82) is 0 Å². The van der Waals surface area contributed by atoms with Gasteiger partial charge < -0.3 is 14.6 Å². The normalized spacial score (nSPS) is 10.2. The zero-order chi connectivity index (χ0) is 13.7. The molecule has 0 aliphatic carbocycles. The summed E-state index contributed by atoms with van der Waals surface area (Å²) < 4.78 is 6.55. The number of carbonyl (C=O) groups is 1. The highest BCUT2D eigenvalue weighted by molar-refractivity contribution is 5.66. The highest BCUT2D eigenvalue weighted by Gasteiger charge is 2.06. The number of carbonyl (C=O) groups excluding carboxylic acids is 1. The molecule has 1 aromatic carbocycles. The van der Waals surface area contributed by atoms with Crippen LogP contribution in [-0.4, -0.2) is 29.3 Å². The molecule has 1 amide bonds. The van der Waals surface area contributed by atoms with E-state index in [1.165, 1.54) is 7.11 Å². The summed E-state index contributed by atoms with van der Waals surface area (Å²) in [4.78, 5) is 15.4. The van der Waals surface area contributed by atoms with Gasteiger partial charge >= 0.3 is 6.09 Å². The summed E-state index contributed by atoms with van der Waals surface area (Å²) in [6.45, 7) is 2.47. The number of methoxy groups -OCH3 is 1. The van der Waals surface area contributed by atoms with E-state index in [1.54, 1.807) is 0 Å². The molecule has 5 heteroatoms. The number of nitrogens with one attached hydrogen (secondary N) is 1. The summed E-state index contributed by atoms with van der Waals surface area (Å²) in [5, 5.41) is 2.64. The van der Waals surface area contributed by atoms with Crippen LogP contribution in [0, 0.1) is 6.92 Å². The molecule has 0 aliphatic heterocycles. The lowest BCUT2D eigenvalue weighted by atomic mass is 10.3. The first-order valence-electron chi connectivity index (χ1n) is 6.13. The van der Waals surface area contributed by atoms with E-state index in [4.69, 9.17) is 0 Å². The number of hydrogen-bond acceptors (Lipinski definition) is 3. The second-order valence-corrected chi connectivity index (χ2v) is 4.15. The van der Waals surface area contributed by atoms with E-state index in [1.807, 2.05) is 48.0 Å². The number of alkyl carbamates (subject to hydrolysis) is 1. The largest absolute Gasteiger partial charge is 0.453 e. The molecule has 1 heterocycles. The van der Waals surface area contributed by atoms with Crippen LogP contribution in [0.1, 0.15) is 11.5 Å². The highest BCUT2D eigenvalue weighted by Crippen LogP contribution is 2.12. The maximum absolute atomic E-state index is 10.9. The molecule has 0 fully saturated rings. The van der Waals surface area contributed by atoms with Gasteiger partial charge in [-0.25, -0.2) is 9.78 Å². The second kappa shape index (κ2) is 6.04. The molecule has 0 bridgehead atoms. The quantitative estimate of drug-likeness (QED) is 0.914. The molecular weight excluding hydrogens is 242 g/mol. The minimum absolute atomic E-state index is 0.417. The fourth-order valence-corrected chi connectivity index (χ4v) is 1.87. The van der Waals surface area contributed by atoms with Crippen LogP contribution in [0.25, 0.3) is 5.69 Å². The molecule has 2 aromatic rings. The Balaban J connectivity index is 2.03. The third-order valence-electron chi connectivity index (χ3n) is 2.80. The maximum Gasteiger partial charge on any atom is 0.406 e. The summed E-state index contributed by atoms with van der Waals surface area (Å²) >= 11 is 0. The molecule has 0 radical (unpaired) electrons. The number of rotatable bonds is 4. The zero-order valence-corrected chi connectivity index (χ0v) is 11.1. The molecule has 0 saturated heterocycles. The van der Waals surface area contributed by atoms with Crippen molar-refractivity contribution in [3.05, 3.63) is 48.0 Å². The van der Waals surface area contributed by atoms with E-state index in [2.05, 4.69) is 15.0 Å². The fraction of sp³-hybridized carbons (Fsp3) is 0.286. The van der Waals surface area contributed by atoms with Crippen LogP contribution in [0.2, 0.25) is 0 Å². The second-order valence-electron chi connectivity index (χ2n) is 4.15. The van der Waals surface area contributed by atoms with Crippen LogP contribution >= 0.6 is 0 Å². The average Bonchev–Trinajstić information content (AvgIpc) is 2.80. The predicted molar refractivity (Wildman–Crippen MR) is 72.4 cm³/mol. The standard InChI is InChI=1S/C14H17N3O2/c1-11-16-12(8-9-15-14(18)19-2)10-17(11)13-6-4-3-5-7-13/h3-7,10H,8-9H2,1-2H3,(H,15,18). The zero-order valence-electron chi connectivity index (χ0n) is 11.1. The molecule has 100 valence electrons. The van der Waals surface area contributed by atoms with Gasteiger partial charge in [0.25, 0.3) is 0 Å². The van der Waals surface area contributed by atoms with Crippen LogP contribution in [-0.2, 0) is 11.2 Å². The molecule has 1 N–H and O–H groups in total. The van der Waals surface area contributed by atoms with Crippen molar-refractivity contribution in [2.75, 3.05) is 13.7 Å². The summed E-state index contributed by atoms with van der Waals surface area (Å²) in [5.41, 5.74) is 2.03. The van der Waals surface area contributed by atoms with E-state index in [-0.39, 0.29) is 0 Å². The Morgan fingerprint density at radius 1 is 1.37 bits per heavy atom. The number of nitrogens with zero attached hydrogens (tertiary/aromatic N) is 2. The van der Waals surface area contributed by atoms with E-state index in [0.29, 0.717) is 13.0 Å².